The number of hydrogen-bond donors (Lipinski definition) is 1. The maximum Gasteiger partial charge on any atom is 0.228 e. The van der Waals surface area contributed by atoms with E-state index in [-0.39, 0.29) is 11.9 Å². The van der Waals surface area contributed by atoms with E-state index in [2.05, 4.69) is 20.9 Å². The van der Waals surface area contributed by atoms with E-state index in [0.717, 1.165) is 15.9 Å². The number of rotatable bonds is 1. The van der Waals surface area contributed by atoms with Crippen LogP contribution in [0.4, 0.5) is 5.69 Å². The maximum absolute atomic E-state index is 11.6. The van der Waals surface area contributed by atoms with Crippen LogP contribution in [-0.4, -0.2) is 23.5 Å². The molecule has 1 aliphatic rings. The molecule has 1 unspecified atom stereocenters. The number of aromatic nitrogens is 1. The monoisotopic (exact) mass is 269 g/mol. The lowest BCUT2D eigenvalue weighted by molar-refractivity contribution is -0.117. The Balaban J connectivity index is 2.30. The van der Waals surface area contributed by atoms with Gasteiger partial charge in [-0.3, -0.25) is 9.78 Å². The standard InChI is InChI=1S/C10H12BrN3O/c1-6-9(11)3-8(4-13-6)14-5-7(12)2-10(14)15/h3-4,7H,2,5,12H2,1H3. The Morgan fingerprint density at radius 2 is 2.40 bits per heavy atom. The summed E-state index contributed by atoms with van der Waals surface area (Å²) in [5.74, 6) is 0.0695. The molecule has 1 aromatic rings. The molecule has 2 N–H and O–H groups in total. The maximum atomic E-state index is 11.6. The second-order valence-corrected chi connectivity index (χ2v) is 4.58. The molecule has 0 radical (unpaired) electrons. The third-order valence-electron chi connectivity index (χ3n) is 2.48. The van der Waals surface area contributed by atoms with E-state index >= 15 is 0 Å². The number of carbonyl (C=O) groups is 1. The number of anilines is 1. The van der Waals surface area contributed by atoms with Crippen LogP contribution in [0, 0.1) is 6.92 Å². The third kappa shape index (κ3) is 2.03. The molecule has 1 amide bonds. The number of amides is 1. The van der Waals surface area contributed by atoms with E-state index in [0.29, 0.717) is 13.0 Å². The van der Waals surface area contributed by atoms with Crippen LogP contribution in [0.2, 0.25) is 0 Å². The molecule has 1 aliphatic heterocycles. The van der Waals surface area contributed by atoms with Crippen LogP contribution in [0.1, 0.15) is 12.1 Å². The van der Waals surface area contributed by atoms with Crippen LogP contribution >= 0.6 is 15.9 Å². The zero-order valence-corrected chi connectivity index (χ0v) is 9.99. The molecule has 1 atom stereocenters. The van der Waals surface area contributed by atoms with Crippen LogP contribution < -0.4 is 10.6 Å². The first-order valence-electron chi connectivity index (χ1n) is 4.76. The molecule has 0 aromatic carbocycles. The Labute approximate surface area is 96.6 Å². The molecule has 0 saturated carbocycles. The zero-order valence-electron chi connectivity index (χ0n) is 8.40. The predicted molar refractivity (Wildman–Crippen MR) is 61.6 cm³/mol. The van der Waals surface area contributed by atoms with Gasteiger partial charge in [-0.1, -0.05) is 0 Å². The van der Waals surface area contributed by atoms with Crippen molar-refractivity contribution >= 4 is 27.5 Å². The van der Waals surface area contributed by atoms with Gasteiger partial charge >= 0.3 is 0 Å². The number of nitrogens with zero attached hydrogens (tertiary/aromatic N) is 2. The lowest BCUT2D eigenvalue weighted by atomic mass is 10.3. The minimum atomic E-state index is -0.0578. The topological polar surface area (TPSA) is 59.2 Å². The van der Waals surface area contributed by atoms with Crippen molar-refractivity contribution in [1.82, 2.24) is 4.98 Å². The van der Waals surface area contributed by atoms with Gasteiger partial charge in [0.2, 0.25) is 5.91 Å². The van der Waals surface area contributed by atoms with Gasteiger partial charge < -0.3 is 10.6 Å². The molecule has 2 rings (SSSR count). The Kier molecular flexibility index (Phi) is 2.75. The van der Waals surface area contributed by atoms with Crippen molar-refractivity contribution in [3.63, 3.8) is 0 Å². The normalized spacial score (nSPS) is 21.1. The fourth-order valence-corrected chi connectivity index (χ4v) is 1.97. The third-order valence-corrected chi connectivity index (χ3v) is 3.28. The molecule has 15 heavy (non-hydrogen) atoms. The average molecular weight is 270 g/mol. The Bertz CT molecular complexity index is 408. The first kappa shape index (κ1) is 10.6. The smallest absolute Gasteiger partial charge is 0.228 e. The van der Waals surface area contributed by atoms with E-state index in [1.165, 1.54) is 0 Å². The summed E-state index contributed by atoms with van der Waals surface area (Å²) < 4.78 is 0.910. The second kappa shape index (κ2) is 3.90. The molecule has 0 spiro atoms. The molecule has 4 nitrogen and oxygen atoms in total. The fourth-order valence-electron chi connectivity index (χ4n) is 1.63. The quantitative estimate of drug-likeness (QED) is 0.834. The molecule has 80 valence electrons. The molecule has 1 saturated heterocycles. The van der Waals surface area contributed by atoms with Crippen molar-refractivity contribution < 1.29 is 4.79 Å². The van der Waals surface area contributed by atoms with E-state index < -0.39 is 0 Å². The zero-order chi connectivity index (χ0) is 11.0. The van der Waals surface area contributed by atoms with Crippen LogP contribution in [0.3, 0.4) is 0 Å². The SMILES string of the molecule is Cc1ncc(N2CC(N)CC2=O)cc1Br. The molecular formula is C10H12BrN3O. The van der Waals surface area contributed by atoms with Gasteiger partial charge in [0.15, 0.2) is 0 Å². The number of halogens is 1. The number of carbonyl (C=O) groups excluding carboxylic acids is 1. The molecule has 0 aliphatic carbocycles. The molecule has 0 bridgehead atoms. The molecule has 2 heterocycles. The van der Waals surface area contributed by atoms with Gasteiger partial charge in [0, 0.05) is 23.5 Å². The van der Waals surface area contributed by atoms with E-state index in [4.69, 9.17) is 5.73 Å². The van der Waals surface area contributed by atoms with Gasteiger partial charge in [-0.25, -0.2) is 0 Å². The van der Waals surface area contributed by atoms with Gasteiger partial charge in [-0.05, 0) is 28.9 Å². The summed E-state index contributed by atoms with van der Waals surface area (Å²) in [6.45, 7) is 2.49. The Morgan fingerprint density at radius 1 is 1.67 bits per heavy atom. The van der Waals surface area contributed by atoms with Crippen molar-refractivity contribution in [3.05, 3.63) is 22.4 Å². The fraction of sp³-hybridized carbons (Fsp3) is 0.400. The number of pyridine rings is 1. The van der Waals surface area contributed by atoms with Crippen molar-refractivity contribution in [2.24, 2.45) is 5.73 Å². The Morgan fingerprint density at radius 3 is 2.93 bits per heavy atom. The molecule has 1 fully saturated rings. The summed E-state index contributed by atoms with van der Waals surface area (Å²) in [5, 5.41) is 0. The first-order chi connectivity index (χ1) is 7.08. The second-order valence-electron chi connectivity index (χ2n) is 3.73. The molecular weight excluding hydrogens is 258 g/mol. The van der Waals surface area contributed by atoms with Gasteiger partial charge in [0.1, 0.15) is 0 Å². The summed E-state index contributed by atoms with van der Waals surface area (Å²) in [5.41, 5.74) is 7.45. The average Bonchev–Trinajstić information content (AvgIpc) is 2.50. The Hall–Kier alpha value is -0.940. The summed E-state index contributed by atoms with van der Waals surface area (Å²) in [7, 11) is 0. The molecule has 1 aromatic heterocycles. The van der Waals surface area contributed by atoms with Gasteiger partial charge in [-0.15, -0.1) is 0 Å². The van der Waals surface area contributed by atoms with Crippen molar-refractivity contribution in [3.8, 4) is 0 Å². The van der Waals surface area contributed by atoms with Crippen molar-refractivity contribution in [2.45, 2.75) is 19.4 Å². The van der Waals surface area contributed by atoms with Crippen molar-refractivity contribution in [2.75, 3.05) is 11.4 Å². The van der Waals surface area contributed by atoms with Gasteiger partial charge in [0.25, 0.3) is 0 Å². The van der Waals surface area contributed by atoms with E-state index in [9.17, 15) is 4.79 Å². The van der Waals surface area contributed by atoms with Gasteiger partial charge in [-0.2, -0.15) is 0 Å². The summed E-state index contributed by atoms with van der Waals surface area (Å²) >= 11 is 3.40. The largest absolute Gasteiger partial charge is 0.326 e. The summed E-state index contributed by atoms with van der Waals surface area (Å²) in [6.07, 6.45) is 2.13. The minimum Gasteiger partial charge on any atom is -0.326 e. The highest BCUT2D eigenvalue weighted by Gasteiger charge is 2.28. The van der Waals surface area contributed by atoms with E-state index in [1.54, 1.807) is 11.1 Å². The number of nitrogens with two attached hydrogens (primary N) is 1. The highest BCUT2D eigenvalue weighted by atomic mass is 79.9. The predicted octanol–water partition coefficient (Wildman–Crippen LogP) is 1.22. The van der Waals surface area contributed by atoms with Gasteiger partial charge in [0.05, 0.1) is 17.6 Å². The first-order valence-corrected chi connectivity index (χ1v) is 5.55. The van der Waals surface area contributed by atoms with Crippen LogP contribution in [-0.2, 0) is 4.79 Å². The number of aryl methyl sites for hydroxylation is 1. The van der Waals surface area contributed by atoms with Crippen molar-refractivity contribution in [1.29, 1.82) is 0 Å². The lowest BCUT2D eigenvalue weighted by Crippen LogP contribution is -2.28. The number of hydrogen-bond acceptors (Lipinski definition) is 3. The summed E-state index contributed by atoms with van der Waals surface area (Å²) in [6, 6.07) is 1.84. The molecule has 5 heteroatoms. The highest BCUT2D eigenvalue weighted by molar-refractivity contribution is 9.10. The highest BCUT2D eigenvalue weighted by Crippen LogP contribution is 2.24. The van der Waals surface area contributed by atoms with Crippen LogP contribution in [0.15, 0.2) is 16.7 Å². The van der Waals surface area contributed by atoms with E-state index in [1.807, 2.05) is 13.0 Å². The van der Waals surface area contributed by atoms with Crippen LogP contribution in [0.25, 0.3) is 0 Å². The van der Waals surface area contributed by atoms with Crippen LogP contribution in [0.5, 0.6) is 0 Å². The summed E-state index contributed by atoms with van der Waals surface area (Å²) in [4.78, 5) is 17.5. The lowest BCUT2D eigenvalue weighted by Gasteiger charge is -2.16. The minimum absolute atomic E-state index is 0.0578.